The summed E-state index contributed by atoms with van der Waals surface area (Å²) in [6.07, 6.45) is 0.0910. The van der Waals surface area contributed by atoms with Crippen molar-refractivity contribution in [1.29, 1.82) is 5.26 Å². The van der Waals surface area contributed by atoms with Crippen LogP contribution >= 0.6 is 0 Å². The van der Waals surface area contributed by atoms with Gasteiger partial charge in [-0.15, -0.1) is 0 Å². The van der Waals surface area contributed by atoms with Crippen molar-refractivity contribution in [2.75, 3.05) is 5.32 Å². The number of nitriles is 1. The van der Waals surface area contributed by atoms with Gasteiger partial charge in [0.1, 0.15) is 17.4 Å². The number of halogens is 1. The number of aliphatic carboxylic acids is 1. The Morgan fingerprint density at radius 2 is 2.11 bits per heavy atom. The summed E-state index contributed by atoms with van der Waals surface area (Å²) in [5, 5.41) is 19.5. The molecule has 1 amide bonds. The topological polar surface area (TPSA) is 90.2 Å². The molecular formula is C12H11FN2O3. The van der Waals surface area contributed by atoms with Crippen molar-refractivity contribution in [3.05, 3.63) is 29.6 Å². The monoisotopic (exact) mass is 250 g/mol. The molecule has 5 nitrogen and oxygen atoms in total. The maximum atomic E-state index is 13.2. The van der Waals surface area contributed by atoms with Crippen LogP contribution in [0.4, 0.5) is 10.1 Å². The fourth-order valence-electron chi connectivity index (χ4n) is 1.35. The minimum atomic E-state index is -0.980. The van der Waals surface area contributed by atoms with Crippen molar-refractivity contribution in [1.82, 2.24) is 0 Å². The van der Waals surface area contributed by atoms with E-state index in [1.54, 1.807) is 6.07 Å². The molecular weight excluding hydrogens is 239 g/mol. The van der Waals surface area contributed by atoms with E-state index in [2.05, 4.69) is 5.32 Å². The Balaban J connectivity index is 2.63. The van der Waals surface area contributed by atoms with Gasteiger partial charge in [-0.25, -0.2) is 4.39 Å². The first-order valence-electron chi connectivity index (χ1n) is 5.25. The number of benzene rings is 1. The Labute approximate surface area is 103 Å². The van der Waals surface area contributed by atoms with Gasteiger partial charge in [0, 0.05) is 12.8 Å². The van der Waals surface area contributed by atoms with Gasteiger partial charge in [0.05, 0.1) is 5.69 Å². The summed E-state index contributed by atoms with van der Waals surface area (Å²) in [4.78, 5) is 21.7. The van der Waals surface area contributed by atoms with E-state index < -0.39 is 17.7 Å². The van der Waals surface area contributed by atoms with Gasteiger partial charge in [0.15, 0.2) is 0 Å². The van der Waals surface area contributed by atoms with Crippen LogP contribution in [-0.4, -0.2) is 17.0 Å². The highest BCUT2D eigenvalue weighted by Crippen LogP contribution is 2.18. The van der Waals surface area contributed by atoms with Crippen LogP contribution in [0.1, 0.15) is 24.8 Å². The summed E-state index contributed by atoms with van der Waals surface area (Å²) in [6, 6.07) is 5.57. The van der Waals surface area contributed by atoms with Crippen molar-refractivity contribution in [3.63, 3.8) is 0 Å². The zero-order valence-electron chi connectivity index (χ0n) is 9.44. The maximum absolute atomic E-state index is 13.2. The Hall–Kier alpha value is -2.42. The standard InChI is InChI=1S/C12H11FN2O3/c13-9-3-1-4-10(8(9)7-14)15-11(16)5-2-6-12(17)18/h1,3-4H,2,5-6H2,(H,15,16)(H,17,18). The normalized spacial score (nSPS) is 9.56. The van der Waals surface area contributed by atoms with Crippen LogP contribution in [0, 0.1) is 17.1 Å². The lowest BCUT2D eigenvalue weighted by molar-refractivity contribution is -0.137. The highest BCUT2D eigenvalue weighted by atomic mass is 19.1. The van der Waals surface area contributed by atoms with E-state index in [1.165, 1.54) is 12.1 Å². The molecule has 1 rings (SSSR count). The number of carbonyl (C=O) groups excluding carboxylic acids is 1. The number of nitrogens with one attached hydrogen (secondary N) is 1. The molecule has 0 aliphatic rings. The Kier molecular flexibility index (Phi) is 4.81. The predicted molar refractivity (Wildman–Crippen MR) is 61.2 cm³/mol. The van der Waals surface area contributed by atoms with Crippen molar-refractivity contribution in [2.24, 2.45) is 0 Å². The van der Waals surface area contributed by atoms with E-state index in [1.807, 2.05) is 0 Å². The van der Waals surface area contributed by atoms with Crippen molar-refractivity contribution >= 4 is 17.6 Å². The van der Waals surface area contributed by atoms with E-state index >= 15 is 0 Å². The lowest BCUT2D eigenvalue weighted by atomic mass is 10.1. The van der Waals surface area contributed by atoms with Crippen LogP contribution in [0.3, 0.4) is 0 Å². The number of nitrogens with zero attached hydrogens (tertiary/aromatic N) is 1. The molecule has 0 aliphatic carbocycles. The molecule has 0 saturated carbocycles. The van der Waals surface area contributed by atoms with Crippen molar-refractivity contribution in [3.8, 4) is 6.07 Å². The van der Waals surface area contributed by atoms with E-state index in [9.17, 15) is 14.0 Å². The summed E-state index contributed by atoms with van der Waals surface area (Å²) < 4.78 is 13.2. The molecule has 0 spiro atoms. The Morgan fingerprint density at radius 1 is 1.39 bits per heavy atom. The Bertz CT molecular complexity index is 509. The average Bonchev–Trinajstić information content (AvgIpc) is 2.28. The van der Waals surface area contributed by atoms with Crippen LogP contribution in [0.15, 0.2) is 18.2 Å². The lowest BCUT2D eigenvalue weighted by Gasteiger charge is -2.06. The SMILES string of the molecule is N#Cc1c(F)cccc1NC(=O)CCCC(=O)O. The molecule has 18 heavy (non-hydrogen) atoms. The average molecular weight is 250 g/mol. The molecule has 0 unspecified atom stereocenters. The number of carbonyl (C=O) groups is 2. The first kappa shape index (κ1) is 13.6. The molecule has 2 N–H and O–H groups in total. The van der Waals surface area contributed by atoms with Crippen LogP contribution < -0.4 is 5.32 Å². The second-order valence-electron chi connectivity index (χ2n) is 3.57. The first-order chi connectivity index (χ1) is 8.54. The van der Waals surface area contributed by atoms with Crippen LogP contribution in [0.5, 0.6) is 0 Å². The smallest absolute Gasteiger partial charge is 0.303 e. The van der Waals surface area contributed by atoms with Crippen LogP contribution in [-0.2, 0) is 9.59 Å². The van der Waals surface area contributed by atoms with Gasteiger partial charge in [-0.1, -0.05) is 6.07 Å². The molecule has 0 aliphatic heterocycles. The number of anilines is 1. The summed E-state index contributed by atoms with van der Waals surface area (Å²) >= 11 is 0. The quantitative estimate of drug-likeness (QED) is 0.834. The van der Waals surface area contributed by atoms with E-state index in [4.69, 9.17) is 10.4 Å². The van der Waals surface area contributed by atoms with Crippen molar-refractivity contribution in [2.45, 2.75) is 19.3 Å². The van der Waals surface area contributed by atoms with Gasteiger partial charge >= 0.3 is 5.97 Å². The van der Waals surface area contributed by atoms with Gasteiger partial charge in [-0.2, -0.15) is 5.26 Å². The van der Waals surface area contributed by atoms with Crippen LogP contribution in [0.2, 0.25) is 0 Å². The molecule has 94 valence electrons. The molecule has 0 atom stereocenters. The van der Waals surface area contributed by atoms with Crippen LogP contribution in [0.25, 0.3) is 0 Å². The summed E-state index contributed by atoms with van der Waals surface area (Å²) in [5.74, 6) is -2.13. The van der Waals surface area contributed by atoms with Gasteiger partial charge in [-0.3, -0.25) is 9.59 Å². The molecule has 0 aromatic heterocycles. The second-order valence-corrected chi connectivity index (χ2v) is 3.57. The molecule has 0 bridgehead atoms. The fourth-order valence-corrected chi connectivity index (χ4v) is 1.35. The number of rotatable bonds is 5. The first-order valence-corrected chi connectivity index (χ1v) is 5.25. The maximum Gasteiger partial charge on any atom is 0.303 e. The van der Waals surface area contributed by atoms with Gasteiger partial charge < -0.3 is 10.4 Å². The Morgan fingerprint density at radius 3 is 2.72 bits per heavy atom. The third-order valence-electron chi connectivity index (χ3n) is 2.19. The molecule has 0 saturated heterocycles. The van der Waals surface area contributed by atoms with E-state index in [0.717, 1.165) is 6.07 Å². The highest BCUT2D eigenvalue weighted by molar-refractivity contribution is 5.92. The third-order valence-corrected chi connectivity index (χ3v) is 2.19. The molecule has 0 fully saturated rings. The minimum absolute atomic E-state index is 0.00762. The van der Waals surface area contributed by atoms with E-state index in [-0.39, 0.29) is 30.5 Å². The van der Waals surface area contributed by atoms with Gasteiger partial charge in [-0.05, 0) is 18.6 Å². The zero-order chi connectivity index (χ0) is 13.5. The van der Waals surface area contributed by atoms with Gasteiger partial charge in [0.2, 0.25) is 5.91 Å². The fraction of sp³-hybridized carbons (Fsp3) is 0.250. The second kappa shape index (κ2) is 6.35. The molecule has 0 radical (unpaired) electrons. The summed E-state index contributed by atoms with van der Waals surface area (Å²) in [6.45, 7) is 0. The number of carboxylic acid groups (broad SMARTS) is 1. The molecule has 0 heterocycles. The number of hydrogen-bond acceptors (Lipinski definition) is 3. The lowest BCUT2D eigenvalue weighted by Crippen LogP contribution is -2.13. The minimum Gasteiger partial charge on any atom is -0.481 e. The zero-order valence-corrected chi connectivity index (χ0v) is 9.44. The largest absolute Gasteiger partial charge is 0.481 e. The number of carboxylic acids is 1. The number of amides is 1. The molecule has 1 aromatic rings. The molecule has 6 heteroatoms. The number of hydrogen-bond donors (Lipinski definition) is 2. The molecule has 1 aromatic carbocycles. The third kappa shape index (κ3) is 3.87. The predicted octanol–water partition coefficient (Wildman–Crippen LogP) is 1.89. The highest BCUT2D eigenvalue weighted by Gasteiger charge is 2.10. The van der Waals surface area contributed by atoms with Crippen molar-refractivity contribution < 1.29 is 19.1 Å². The van der Waals surface area contributed by atoms with Gasteiger partial charge in [0.25, 0.3) is 0 Å². The summed E-state index contributed by atoms with van der Waals surface area (Å²) in [7, 11) is 0. The van der Waals surface area contributed by atoms with E-state index in [0.29, 0.717) is 0 Å². The summed E-state index contributed by atoms with van der Waals surface area (Å²) in [5.41, 5.74) is -0.137.